The van der Waals surface area contributed by atoms with Crippen LogP contribution in [0.4, 0.5) is 5.13 Å². The van der Waals surface area contributed by atoms with Crippen LogP contribution in [-0.2, 0) is 14.8 Å². The van der Waals surface area contributed by atoms with E-state index in [0.717, 1.165) is 9.90 Å². The second-order valence-electron chi connectivity index (χ2n) is 6.08. The van der Waals surface area contributed by atoms with E-state index in [1.54, 1.807) is 24.3 Å². The number of anilines is 1. The number of aryl methyl sites for hydroxylation is 1. The molecular weight excluding hydrogens is 392 g/mol. The van der Waals surface area contributed by atoms with E-state index in [-0.39, 0.29) is 17.3 Å². The lowest BCUT2D eigenvalue weighted by Gasteiger charge is -2.31. The Labute approximate surface area is 161 Å². The minimum absolute atomic E-state index is 0.177. The minimum Gasteiger partial charge on any atom is -0.300 e. The number of carbonyl (C=O) groups excluding carboxylic acids is 1. The van der Waals surface area contributed by atoms with Gasteiger partial charge in [0.2, 0.25) is 21.1 Å². The summed E-state index contributed by atoms with van der Waals surface area (Å²) in [4.78, 5) is 12.8. The summed E-state index contributed by atoms with van der Waals surface area (Å²) in [5, 5.41) is 11.1. The van der Waals surface area contributed by atoms with E-state index in [4.69, 9.17) is 0 Å². The topological polar surface area (TPSA) is 92.3 Å². The molecule has 0 radical (unpaired) electrons. The Morgan fingerprint density at radius 3 is 2.69 bits per heavy atom. The molecule has 26 heavy (non-hydrogen) atoms. The van der Waals surface area contributed by atoms with Gasteiger partial charge in [0.25, 0.3) is 0 Å². The van der Waals surface area contributed by atoms with Crippen LogP contribution in [0.1, 0.15) is 18.4 Å². The molecule has 2 aromatic rings. The number of carbonyl (C=O) groups is 1. The average molecular weight is 413 g/mol. The van der Waals surface area contributed by atoms with E-state index in [1.807, 2.05) is 13.2 Å². The minimum atomic E-state index is -3.59. The highest BCUT2D eigenvalue weighted by molar-refractivity contribution is 8.00. The lowest BCUT2D eigenvalue weighted by atomic mass is 9.99. The first-order chi connectivity index (χ1) is 12.4. The highest BCUT2D eigenvalue weighted by Crippen LogP contribution is 2.27. The van der Waals surface area contributed by atoms with Gasteiger partial charge >= 0.3 is 0 Å². The van der Waals surface area contributed by atoms with E-state index in [9.17, 15) is 13.2 Å². The van der Waals surface area contributed by atoms with Crippen molar-refractivity contribution in [1.82, 2.24) is 14.5 Å². The number of hydrogen-bond donors (Lipinski definition) is 1. The summed E-state index contributed by atoms with van der Waals surface area (Å²) in [5.74, 6) is -0.608. The fourth-order valence-electron chi connectivity index (χ4n) is 2.78. The van der Waals surface area contributed by atoms with Crippen molar-refractivity contribution in [3.8, 4) is 0 Å². The van der Waals surface area contributed by atoms with E-state index >= 15 is 0 Å². The fourth-order valence-corrected chi connectivity index (χ4v) is 5.48. The largest absolute Gasteiger partial charge is 0.300 e. The van der Waals surface area contributed by atoms with E-state index in [2.05, 4.69) is 15.5 Å². The number of amides is 1. The number of benzene rings is 1. The first kappa shape index (κ1) is 19.3. The van der Waals surface area contributed by atoms with Crippen molar-refractivity contribution in [3.63, 3.8) is 0 Å². The Balaban J connectivity index is 1.70. The normalized spacial score (nSPS) is 18.6. The molecule has 0 aliphatic carbocycles. The third-order valence-corrected chi connectivity index (χ3v) is 7.92. The number of nitrogens with zero attached hydrogens (tertiary/aromatic N) is 3. The molecule has 1 aromatic heterocycles. The highest BCUT2D eigenvalue weighted by atomic mass is 32.2. The lowest BCUT2D eigenvalue weighted by molar-refractivity contribution is -0.120. The standard InChI is InChI=1S/C16H20N4O3S3/c1-11-5-7-13(8-6-11)26(22,23)20-9-3-4-12(10-20)14(21)17-15-18-19-16(24-2)25-15/h5-8,12H,3-4,9-10H2,1-2H3,(H,17,18,21). The van der Waals surface area contributed by atoms with Crippen LogP contribution < -0.4 is 5.32 Å². The van der Waals surface area contributed by atoms with Crippen molar-refractivity contribution in [2.45, 2.75) is 29.0 Å². The summed E-state index contributed by atoms with van der Waals surface area (Å²) < 4.78 is 27.8. The van der Waals surface area contributed by atoms with Gasteiger partial charge in [0, 0.05) is 13.1 Å². The zero-order valence-corrected chi connectivity index (χ0v) is 17.0. The molecule has 1 N–H and O–H groups in total. The quantitative estimate of drug-likeness (QED) is 0.599. The maximum atomic E-state index is 12.8. The molecule has 1 atom stereocenters. The number of sulfonamides is 1. The molecule has 1 aromatic carbocycles. The molecule has 10 heteroatoms. The summed E-state index contributed by atoms with van der Waals surface area (Å²) in [6, 6.07) is 6.78. The summed E-state index contributed by atoms with van der Waals surface area (Å²) in [6.07, 6.45) is 3.19. The zero-order valence-electron chi connectivity index (χ0n) is 14.5. The Hall–Kier alpha value is -1.49. The number of thioether (sulfide) groups is 1. The van der Waals surface area contributed by atoms with Crippen LogP contribution >= 0.6 is 23.1 Å². The molecule has 1 amide bonds. The third-order valence-electron chi connectivity index (χ3n) is 4.22. The van der Waals surface area contributed by atoms with Crippen LogP contribution in [0.5, 0.6) is 0 Å². The summed E-state index contributed by atoms with van der Waals surface area (Å²) in [5.41, 5.74) is 1.00. The van der Waals surface area contributed by atoms with Gasteiger partial charge in [-0.1, -0.05) is 40.8 Å². The summed E-state index contributed by atoms with van der Waals surface area (Å²) in [7, 11) is -3.59. The van der Waals surface area contributed by atoms with Gasteiger partial charge < -0.3 is 5.32 Å². The zero-order chi connectivity index (χ0) is 18.7. The smallest absolute Gasteiger partial charge is 0.243 e. The Morgan fingerprint density at radius 1 is 1.31 bits per heavy atom. The van der Waals surface area contributed by atoms with Gasteiger partial charge in [-0.05, 0) is 38.2 Å². The molecule has 1 unspecified atom stereocenters. The predicted octanol–water partition coefficient (Wildman–Crippen LogP) is 2.61. The van der Waals surface area contributed by atoms with Crippen molar-refractivity contribution < 1.29 is 13.2 Å². The first-order valence-corrected chi connectivity index (χ1v) is 11.6. The van der Waals surface area contributed by atoms with Crippen LogP contribution in [-0.4, -0.2) is 48.2 Å². The van der Waals surface area contributed by atoms with E-state index in [1.165, 1.54) is 27.4 Å². The molecular formula is C16H20N4O3S3. The molecule has 1 fully saturated rings. The lowest BCUT2D eigenvalue weighted by Crippen LogP contribution is -2.43. The Morgan fingerprint density at radius 2 is 2.04 bits per heavy atom. The van der Waals surface area contributed by atoms with Gasteiger partial charge in [-0.25, -0.2) is 8.42 Å². The van der Waals surface area contributed by atoms with Crippen LogP contribution in [0.25, 0.3) is 0 Å². The monoisotopic (exact) mass is 412 g/mol. The van der Waals surface area contributed by atoms with Gasteiger partial charge in [0.1, 0.15) is 0 Å². The van der Waals surface area contributed by atoms with Gasteiger partial charge in [-0.15, -0.1) is 10.2 Å². The van der Waals surface area contributed by atoms with Crippen molar-refractivity contribution in [2.24, 2.45) is 5.92 Å². The van der Waals surface area contributed by atoms with Gasteiger partial charge in [0.05, 0.1) is 10.8 Å². The molecule has 1 aliphatic heterocycles. The van der Waals surface area contributed by atoms with E-state index in [0.29, 0.717) is 24.5 Å². The predicted molar refractivity (Wildman–Crippen MR) is 103 cm³/mol. The Bertz CT molecular complexity index is 880. The summed E-state index contributed by atoms with van der Waals surface area (Å²) >= 11 is 2.77. The molecule has 0 spiro atoms. The van der Waals surface area contributed by atoms with Crippen LogP contribution in [0, 0.1) is 12.8 Å². The molecule has 0 saturated carbocycles. The van der Waals surface area contributed by atoms with Crippen molar-refractivity contribution in [3.05, 3.63) is 29.8 Å². The molecule has 1 aliphatic rings. The SMILES string of the molecule is CSc1nnc(NC(=O)C2CCCN(S(=O)(=O)c3ccc(C)cc3)C2)s1. The second-order valence-corrected chi connectivity index (χ2v) is 10.1. The molecule has 140 valence electrons. The average Bonchev–Trinajstić information content (AvgIpc) is 3.10. The molecule has 1 saturated heterocycles. The number of rotatable bonds is 5. The van der Waals surface area contributed by atoms with E-state index < -0.39 is 15.9 Å². The second kappa shape index (κ2) is 8.03. The van der Waals surface area contributed by atoms with Crippen molar-refractivity contribution in [2.75, 3.05) is 24.7 Å². The van der Waals surface area contributed by atoms with Gasteiger partial charge in [0.15, 0.2) is 4.34 Å². The van der Waals surface area contributed by atoms with Crippen LogP contribution in [0.3, 0.4) is 0 Å². The molecule has 0 bridgehead atoms. The van der Waals surface area contributed by atoms with Gasteiger partial charge in [-0.2, -0.15) is 4.31 Å². The molecule has 7 nitrogen and oxygen atoms in total. The number of nitrogens with one attached hydrogen (secondary N) is 1. The molecule has 2 heterocycles. The number of hydrogen-bond acceptors (Lipinski definition) is 7. The van der Waals surface area contributed by atoms with Crippen LogP contribution in [0.2, 0.25) is 0 Å². The number of aromatic nitrogens is 2. The molecule has 3 rings (SSSR count). The Kier molecular flexibility index (Phi) is 5.96. The van der Waals surface area contributed by atoms with Gasteiger partial charge in [-0.3, -0.25) is 4.79 Å². The summed E-state index contributed by atoms with van der Waals surface area (Å²) in [6.45, 7) is 2.51. The third kappa shape index (κ3) is 4.25. The maximum absolute atomic E-state index is 12.8. The van der Waals surface area contributed by atoms with Crippen molar-refractivity contribution in [1.29, 1.82) is 0 Å². The van der Waals surface area contributed by atoms with Crippen molar-refractivity contribution >= 4 is 44.2 Å². The maximum Gasteiger partial charge on any atom is 0.243 e. The number of piperidine rings is 1. The fraction of sp³-hybridized carbons (Fsp3) is 0.438. The first-order valence-electron chi connectivity index (χ1n) is 8.15. The highest BCUT2D eigenvalue weighted by Gasteiger charge is 2.33. The van der Waals surface area contributed by atoms with Crippen LogP contribution in [0.15, 0.2) is 33.5 Å².